The van der Waals surface area contributed by atoms with Crippen LogP contribution in [0.3, 0.4) is 0 Å². The maximum Gasteiger partial charge on any atom is 0.271 e. The number of hydrogen-bond acceptors (Lipinski definition) is 4. The van der Waals surface area contributed by atoms with Gasteiger partial charge >= 0.3 is 0 Å². The molecular formula is C19H22N2O3. The summed E-state index contributed by atoms with van der Waals surface area (Å²) < 4.78 is 10.8. The summed E-state index contributed by atoms with van der Waals surface area (Å²) in [6.45, 7) is 4.68. The fourth-order valence-electron chi connectivity index (χ4n) is 1.93. The van der Waals surface area contributed by atoms with Crippen LogP contribution in [0.4, 0.5) is 0 Å². The van der Waals surface area contributed by atoms with E-state index in [0.717, 1.165) is 29.9 Å². The Labute approximate surface area is 142 Å². The molecule has 24 heavy (non-hydrogen) atoms. The first kappa shape index (κ1) is 17.5. The highest BCUT2D eigenvalue weighted by molar-refractivity contribution is 5.95. The van der Waals surface area contributed by atoms with Gasteiger partial charge in [-0.3, -0.25) is 4.79 Å². The Morgan fingerprint density at radius 2 is 2.08 bits per heavy atom. The predicted octanol–water partition coefficient (Wildman–Crippen LogP) is 4.28. The Kier molecular flexibility index (Phi) is 6.83. The van der Waals surface area contributed by atoms with E-state index in [1.54, 1.807) is 36.7 Å². The van der Waals surface area contributed by atoms with Crippen molar-refractivity contribution in [2.45, 2.75) is 26.7 Å². The van der Waals surface area contributed by atoms with Gasteiger partial charge in [-0.2, -0.15) is 5.10 Å². The highest BCUT2D eigenvalue weighted by atomic mass is 16.5. The van der Waals surface area contributed by atoms with Crippen LogP contribution in [0.1, 0.15) is 42.8 Å². The monoisotopic (exact) mass is 326 g/mol. The van der Waals surface area contributed by atoms with Crippen LogP contribution in [0.15, 0.2) is 57.8 Å². The Hall–Kier alpha value is -2.82. The summed E-state index contributed by atoms with van der Waals surface area (Å²) in [7, 11) is 0. The summed E-state index contributed by atoms with van der Waals surface area (Å²) in [6, 6.07) is 10.7. The number of hydrogen-bond donors (Lipinski definition) is 1. The van der Waals surface area contributed by atoms with Gasteiger partial charge in [-0.1, -0.05) is 13.3 Å². The van der Waals surface area contributed by atoms with Crippen LogP contribution in [0.25, 0.3) is 6.08 Å². The van der Waals surface area contributed by atoms with E-state index in [9.17, 15) is 4.79 Å². The molecule has 1 amide bonds. The largest absolute Gasteiger partial charge is 0.494 e. The molecule has 0 bridgehead atoms. The van der Waals surface area contributed by atoms with Gasteiger partial charge in [0.05, 0.1) is 19.1 Å². The number of carbonyl (C=O) groups is 1. The van der Waals surface area contributed by atoms with Gasteiger partial charge in [-0.05, 0) is 61.4 Å². The second-order valence-corrected chi connectivity index (χ2v) is 5.33. The minimum Gasteiger partial charge on any atom is -0.494 e. The summed E-state index contributed by atoms with van der Waals surface area (Å²) in [6.07, 6.45) is 7.11. The molecule has 126 valence electrons. The number of allylic oxidation sites excluding steroid dienone is 1. The molecule has 0 saturated heterocycles. The number of hydrazone groups is 1. The van der Waals surface area contributed by atoms with Crippen LogP contribution in [-0.2, 0) is 0 Å². The zero-order valence-electron chi connectivity index (χ0n) is 14.0. The van der Waals surface area contributed by atoms with E-state index >= 15 is 0 Å². The van der Waals surface area contributed by atoms with Crippen molar-refractivity contribution in [1.29, 1.82) is 0 Å². The zero-order chi connectivity index (χ0) is 17.2. The molecule has 5 nitrogen and oxygen atoms in total. The average Bonchev–Trinajstić information content (AvgIpc) is 3.08. The highest BCUT2D eigenvalue weighted by Gasteiger charge is 2.04. The third-order valence-corrected chi connectivity index (χ3v) is 3.23. The van der Waals surface area contributed by atoms with Gasteiger partial charge in [0.25, 0.3) is 5.91 Å². The molecule has 0 unspecified atom stereocenters. The number of carbonyl (C=O) groups excluding carboxylic acids is 1. The molecular weight excluding hydrogens is 304 g/mol. The van der Waals surface area contributed by atoms with E-state index < -0.39 is 0 Å². The van der Waals surface area contributed by atoms with Gasteiger partial charge in [-0.15, -0.1) is 0 Å². The topological polar surface area (TPSA) is 63.8 Å². The van der Waals surface area contributed by atoms with Crippen LogP contribution < -0.4 is 10.2 Å². The molecule has 1 heterocycles. The van der Waals surface area contributed by atoms with Gasteiger partial charge in [0.15, 0.2) is 0 Å². The lowest BCUT2D eigenvalue weighted by Gasteiger charge is -2.06. The van der Waals surface area contributed by atoms with Crippen molar-refractivity contribution in [3.8, 4) is 5.75 Å². The van der Waals surface area contributed by atoms with E-state index in [2.05, 4.69) is 17.5 Å². The first-order valence-corrected chi connectivity index (χ1v) is 7.97. The van der Waals surface area contributed by atoms with Crippen molar-refractivity contribution in [3.63, 3.8) is 0 Å². The van der Waals surface area contributed by atoms with E-state index in [-0.39, 0.29) is 5.91 Å². The third kappa shape index (κ3) is 5.76. The summed E-state index contributed by atoms with van der Waals surface area (Å²) >= 11 is 0. The molecule has 0 atom stereocenters. The molecule has 0 aliphatic rings. The number of benzene rings is 1. The highest BCUT2D eigenvalue weighted by Crippen LogP contribution is 2.12. The first-order valence-electron chi connectivity index (χ1n) is 7.97. The van der Waals surface area contributed by atoms with Gasteiger partial charge in [0.1, 0.15) is 11.5 Å². The number of furan rings is 1. The van der Waals surface area contributed by atoms with Crippen molar-refractivity contribution in [1.82, 2.24) is 5.43 Å². The molecule has 0 saturated carbocycles. The van der Waals surface area contributed by atoms with Gasteiger partial charge in [-0.25, -0.2) is 5.43 Å². The maximum atomic E-state index is 12.0. The summed E-state index contributed by atoms with van der Waals surface area (Å²) in [5.41, 5.74) is 3.90. The maximum absolute atomic E-state index is 12.0. The van der Waals surface area contributed by atoms with Gasteiger partial charge < -0.3 is 9.15 Å². The Morgan fingerprint density at radius 3 is 2.75 bits per heavy atom. The van der Waals surface area contributed by atoms with Crippen LogP contribution in [0.2, 0.25) is 0 Å². The van der Waals surface area contributed by atoms with Gasteiger partial charge in [0.2, 0.25) is 0 Å². The van der Waals surface area contributed by atoms with Gasteiger partial charge in [0, 0.05) is 5.56 Å². The Balaban J connectivity index is 1.84. The van der Waals surface area contributed by atoms with E-state index in [4.69, 9.17) is 9.15 Å². The van der Waals surface area contributed by atoms with Crippen molar-refractivity contribution >= 4 is 18.2 Å². The lowest BCUT2D eigenvalue weighted by Crippen LogP contribution is -2.17. The normalized spacial score (nSPS) is 11.7. The molecule has 1 aromatic heterocycles. The standard InChI is InChI=1S/C19H22N2O3/c1-3-4-11-23-17-9-7-16(8-10-17)19(22)21-20-14-15(2)13-18-6-5-12-24-18/h5-10,12-14H,3-4,11H2,1-2H3,(H,21,22)/b15-13+,20-14-. The minimum atomic E-state index is -0.267. The Bertz CT molecular complexity index is 686. The molecule has 0 fully saturated rings. The molecule has 1 aromatic carbocycles. The summed E-state index contributed by atoms with van der Waals surface area (Å²) in [5, 5.41) is 3.95. The van der Waals surface area contributed by atoms with Crippen LogP contribution in [0, 0.1) is 0 Å². The van der Waals surface area contributed by atoms with Crippen LogP contribution in [0.5, 0.6) is 5.75 Å². The second-order valence-electron chi connectivity index (χ2n) is 5.33. The van der Waals surface area contributed by atoms with Crippen LogP contribution in [-0.4, -0.2) is 18.7 Å². The quantitative estimate of drug-likeness (QED) is 0.447. The Morgan fingerprint density at radius 1 is 1.29 bits per heavy atom. The predicted molar refractivity (Wildman–Crippen MR) is 95.2 cm³/mol. The van der Waals surface area contributed by atoms with E-state index in [1.165, 1.54) is 0 Å². The van der Waals surface area contributed by atoms with Crippen molar-refractivity contribution in [2.24, 2.45) is 5.10 Å². The van der Waals surface area contributed by atoms with Crippen molar-refractivity contribution in [2.75, 3.05) is 6.61 Å². The summed E-state index contributed by atoms with van der Waals surface area (Å²) in [5.74, 6) is 1.24. The number of rotatable bonds is 8. The van der Waals surface area contributed by atoms with E-state index in [1.807, 2.05) is 25.1 Å². The number of unbranched alkanes of at least 4 members (excludes halogenated alkanes) is 1. The summed E-state index contributed by atoms with van der Waals surface area (Å²) in [4.78, 5) is 12.0. The number of ether oxygens (including phenoxy) is 1. The lowest BCUT2D eigenvalue weighted by molar-refractivity contribution is 0.0955. The van der Waals surface area contributed by atoms with E-state index in [0.29, 0.717) is 12.2 Å². The molecule has 0 spiro atoms. The molecule has 0 radical (unpaired) electrons. The minimum absolute atomic E-state index is 0.267. The molecule has 0 aliphatic carbocycles. The molecule has 1 N–H and O–H groups in total. The number of nitrogens with zero attached hydrogens (tertiary/aromatic N) is 1. The lowest BCUT2D eigenvalue weighted by atomic mass is 10.2. The SMILES string of the molecule is CCCCOc1ccc(C(=O)N/N=C\C(C)=C\c2ccco2)cc1. The molecule has 5 heteroatoms. The molecule has 0 aliphatic heterocycles. The molecule has 2 rings (SSSR count). The fraction of sp³-hybridized carbons (Fsp3) is 0.263. The van der Waals surface area contributed by atoms with Crippen molar-refractivity contribution in [3.05, 3.63) is 59.6 Å². The fourth-order valence-corrected chi connectivity index (χ4v) is 1.93. The second kappa shape index (κ2) is 9.35. The zero-order valence-corrected chi connectivity index (χ0v) is 14.0. The molecule has 2 aromatic rings. The number of nitrogens with one attached hydrogen (secondary N) is 1. The first-order chi connectivity index (χ1) is 11.7. The average molecular weight is 326 g/mol. The number of amides is 1. The smallest absolute Gasteiger partial charge is 0.271 e. The third-order valence-electron chi connectivity index (χ3n) is 3.23. The van der Waals surface area contributed by atoms with Crippen molar-refractivity contribution < 1.29 is 13.9 Å². The van der Waals surface area contributed by atoms with Crippen LogP contribution >= 0.6 is 0 Å².